The van der Waals surface area contributed by atoms with Gasteiger partial charge < -0.3 is 10.6 Å². The van der Waals surface area contributed by atoms with Crippen LogP contribution in [0.5, 0.6) is 0 Å². The average molecular weight is 338 g/mol. The van der Waals surface area contributed by atoms with Gasteiger partial charge in [0.15, 0.2) is 0 Å². The summed E-state index contributed by atoms with van der Waals surface area (Å²) in [7, 11) is 2.29. The number of hydrogen-bond donors (Lipinski definition) is 1. The predicted molar refractivity (Wildman–Crippen MR) is 87.6 cm³/mol. The van der Waals surface area contributed by atoms with Gasteiger partial charge in [-0.05, 0) is 72.9 Å². The molecule has 2 heterocycles. The maximum absolute atomic E-state index is 5.98. The fourth-order valence-corrected chi connectivity index (χ4v) is 4.22. The van der Waals surface area contributed by atoms with Gasteiger partial charge in [0.1, 0.15) is 0 Å². The van der Waals surface area contributed by atoms with Gasteiger partial charge in [0.2, 0.25) is 0 Å². The molecule has 2 unspecified atom stereocenters. The number of halogens is 1. The number of nitrogen functional groups attached to an aromatic ring is 1. The van der Waals surface area contributed by atoms with E-state index in [9.17, 15) is 0 Å². The summed E-state index contributed by atoms with van der Waals surface area (Å²) in [5.74, 6) is 0.849. The van der Waals surface area contributed by atoms with Crippen molar-refractivity contribution in [2.75, 3.05) is 32.4 Å². The standard InChI is InChI=1S/C16H24BrN3/c1-19-8-3-5-12-10-20(9-7-15(12)19)11-13-4-2-6-14(18)16(13)17/h2,4,6,12,15H,3,5,7-11,18H2,1H3. The van der Waals surface area contributed by atoms with Crippen molar-refractivity contribution in [1.29, 1.82) is 0 Å². The SMILES string of the molecule is CN1CCCC2CN(Cc3cccc(N)c3Br)CCC21. The Balaban J connectivity index is 1.66. The quantitative estimate of drug-likeness (QED) is 0.842. The van der Waals surface area contributed by atoms with Crippen LogP contribution in [-0.2, 0) is 6.54 Å². The third kappa shape index (κ3) is 2.87. The molecule has 0 saturated carbocycles. The molecular formula is C16H24BrN3. The van der Waals surface area contributed by atoms with Crippen LogP contribution in [0.4, 0.5) is 5.69 Å². The first-order valence-corrected chi connectivity index (χ1v) is 8.40. The molecule has 2 atom stereocenters. The maximum Gasteiger partial charge on any atom is 0.0461 e. The Morgan fingerprint density at radius 1 is 1.30 bits per heavy atom. The second-order valence-corrected chi connectivity index (χ2v) is 7.09. The van der Waals surface area contributed by atoms with Crippen LogP contribution < -0.4 is 5.73 Å². The highest BCUT2D eigenvalue weighted by molar-refractivity contribution is 9.10. The van der Waals surface area contributed by atoms with Gasteiger partial charge in [-0.25, -0.2) is 0 Å². The molecule has 0 aromatic heterocycles. The summed E-state index contributed by atoms with van der Waals surface area (Å²) in [4.78, 5) is 5.17. The largest absolute Gasteiger partial charge is 0.398 e. The Morgan fingerprint density at radius 2 is 2.15 bits per heavy atom. The van der Waals surface area contributed by atoms with Crippen molar-refractivity contribution in [3.63, 3.8) is 0 Å². The topological polar surface area (TPSA) is 32.5 Å². The molecule has 2 aliphatic rings. The highest BCUT2D eigenvalue weighted by Crippen LogP contribution is 2.31. The lowest BCUT2D eigenvalue weighted by Crippen LogP contribution is -2.52. The van der Waals surface area contributed by atoms with Gasteiger partial charge in [0.25, 0.3) is 0 Å². The summed E-state index contributed by atoms with van der Waals surface area (Å²) in [6.45, 7) is 4.73. The Kier molecular flexibility index (Phi) is 4.34. The van der Waals surface area contributed by atoms with Crippen molar-refractivity contribution in [2.45, 2.75) is 31.8 Å². The molecule has 4 heteroatoms. The molecule has 2 fully saturated rings. The first-order valence-electron chi connectivity index (χ1n) is 7.60. The van der Waals surface area contributed by atoms with E-state index < -0.39 is 0 Å². The lowest BCUT2D eigenvalue weighted by molar-refractivity contribution is 0.0354. The van der Waals surface area contributed by atoms with Crippen molar-refractivity contribution in [2.24, 2.45) is 5.92 Å². The van der Waals surface area contributed by atoms with Crippen LogP contribution in [0.15, 0.2) is 22.7 Å². The normalized spacial score (nSPS) is 28.3. The number of fused-ring (bicyclic) bond motifs is 1. The zero-order valence-corrected chi connectivity index (χ0v) is 13.8. The van der Waals surface area contributed by atoms with Crippen LogP contribution in [0, 0.1) is 5.92 Å². The molecule has 3 rings (SSSR count). The van der Waals surface area contributed by atoms with E-state index in [-0.39, 0.29) is 0 Å². The Bertz CT molecular complexity index is 477. The van der Waals surface area contributed by atoms with E-state index in [2.05, 4.69) is 44.9 Å². The molecular weight excluding hydrogens is 314 g/mol. The molecule has 110 valence electrons. The average Bonchev–Trinajstić information content (AvgIpc) is 2.44. The smallest absolute Gasteiger partial charge is 0.0461 e. The molecule has 1 aromatic carbocycles. The molecule has 0 spiro atoms. The van der Waals surface area contributed by atoms with Crippen molar-refractivity contribution >= 4 is 21.6 Å². The van der Waals surface area contributed by atoms with Gasteiger partial charge >= 0.3 is 0 Å². The Hall–Kier alpha value is -0.580. The molecule has 0 radical (unpaired) electrons. The second-order valence-electron chi connectivity index (χ2n) is 6.29. The van der Waals surface area contributed by atoms with Crippen LogP contribution in [-0.4, -0.2) is 42.5 Å². The van der Waals surface area contributed by atoms with Gasteiger partial charge in [-0.3, -0.25) is 4.90 Å². The van der Waals surface area contributed by atoms with E-state index in [0.717, 1.165) is 28.7 Å². The third-order valence-electron chi connectivity index (χ3n) is 4.93. The molecule has 1 aromatic rings. The summed E-state index contributed by atoms with van der Waals surface area (Å²) < 4.78 is 1.07. The second kappa shape index (κ2) is 6.04. The summed E-state index contributed by atoms with van der Waals surface area (Å²) in [6, 6.07) is 7.00. The molecule has 0 amide bonds. The molecule has 0 aliphatic carbocycles. The zero-order chi connectivity index (χ0) is 14.1. The fourth-order valence-electron chi connectivity index (χ4n) is 3.83. The lowest BCUT2D eigenvalue weighted by Gasteiger charge is -2.46. The van der Waals surface area contributed by atoms with Crippen LogP contribution in [0.2, 0.25) is 0 Å². The fraction of sp³-hybridized carbons (Fsp3) is 0.625. The van der Waals surface area contributed by atoms with E-state index in [1.807, 2.05) is 6.07 Å². The van der Waals surface area contributed by atoms with Crippen molar-refractivity contribution in [3.8, 4) is 0 Å². The number of piperidine rings is 2. The molecule has 2 saturated heterocycles. The van der Waals surface area contributed by atoms with E-state index in [0.29, 0.717) is 0 Å². The number of hydrogen-bond acceptors (Lipinski definition) is 3. The summed E-state index contributed by atoms with van der Waals surface area (Å²) in [6.07, 6.45) is 4.05. The van der Waals surface area contributed by atoms with Gasteiger partial charge in [0, 0.05) is 29.3 Å². The van der Waals surface area contributed by atoms with Gasteiger partial charge in [-0.1, -0.05) is 12.1 Å². The minimum atomic E-state index is 0.810. The molecule has 2 N–H and O–H groups in total. The Labute approximate surface area is 130 Å². The van der Waals surface area contributed by atoms with Gasteiger partial charge in [0.05, 0.1) is 0 Å². The minimum absolute atomic E-state index is 0.810. The number of rotatable bonds is 2. The van der Waals surface area contributed by atoms with Crippen molar-refractivity contribution < 1.29 is 0 Å². The summed E-state index contributed by atoms with van der Waals surface area (Å²) in [5, 5.41) is 0. The highest BCUT2D eigenvalue weighted by atomic mass is 79.9. The number of anilines is 1. The van der Waals surface area contributed by atoms with Gasteiger partial charge in [-0.2, -0.15) is 0 Å². The minimum Gasteiger partial charge on any atom is -0.398 e. The van der Waals surface area contributed by atoms with Crippen molar-refractivity contribution in [1.82, 2.24) is 9.80 Å². The maximum atomic E-state index is 5.98. The molecule has 2 aliphatic heterocycles. The van der Waals surface area contributed by atoms with E-state index in [4.69, 9.17) is 5.73 Å². The number of nitrogens with two attached hydrogens (primary N) is 1. The first-order chi connectivity index (χ1) is 9.65. The number of likely N-dealkylation sites (tertiary alicyclic amines) is 2. The molecule has 3 nitrogen and oxygen atoms in total. The van der Waals surface area contributed by atoms with Crippen LogP contribution >= 0.6 is 15.9 Å². The Morgan fingerprint density at radius 3 is 3.00 bits per heavy atom. The monoisotopic (exact) mass is 337 g/mol. The van der Waals surface area contributed by atoms with E-state index >= 15 is 0 Å². The lowest BCUT2D eigenvalue weighted by atomic mass is 9.84. The van der Waals surface area contributed by atoms with Crippen molar-refractivity contribution in [3.05, 3.63) is 28.2 Å². The third-order valence-corrected chi connectivity index (χ3v) is 5.90. The number of nitrogens with zero attached hydrogens (tertiary/aromatic N) is 2. The van der Waals surface area contributed by atoms with Crippen LogP contribution in [0.3, 0.4) is 0 Å². The zero-order valence-electron chi connectivity index (χ0n) is 12.2. The molecule has 0 bridgehead atoms. The van der Waals surface area contributed by atoms with Gasteiger partial charge in [-0.15, -0.1) is 0 Å². The highest BCUT2D eigenvalue weighted by Gasteiger charge is 2.34. The van der Waals surface area contributed by atoms with Crippen LogP contribution in [0.1, 0.15) is 24.8 Å². The van der Waals surface area contributed by atoms with E-state index in [1.165, 1.54) is 44.5 Å². The van der Waals surface area contributed by atoms with Crippen LogP contribution in [0.25, 0.3) is 0 Å². The van der Waals surface area contributed by atoms with E-state index in [1.54, 1.807) is 0 Å². The number of benzene rings is 1. The summed E-state index contributed by atoms with van der Waals surface area (Å²) >= 11 is 3.63. The predicted octanol–water partition coefficient (Wildman–Crippen LogP) is 2.95. The first kappa shape index (κ1) is 14.4. The molecule has 20 heavy (non-hydrogen) atoms. The summed E-state index contributed by atoms with van der Waals surface area (Å²) in [5.41, 5.74) is 8.13.